The Labute approximate surface area is 186 Å². The van der Waals surface area contributed by atoms with Gasteiger partial charge in [-0.25, -0.2) is 0 Å². The molecular weight excluding hydrogens is 402 g/mol. The van der Waals surface area contributed by atoms with Crippen LogP contribution in [0, 0.1) is 5.92 Å². The summed E-state index contributed by atoms with van der Waals surface area (Å²) in [7, 11) is 0. The van der Waals surface area contributed by atoms with Crippen molar-refractivity contribution in [3.8, 4) is 0 Å². The van der Waals surface area contributed by atoms with Crippen molar-refractivity contribution < 1.29 is 14.4 Å². The van der Waals surface area contributed by atoms with E-state index in [1.54, 1.807) is 9.80 Å². The lowest BCUT2D eigenvalue weighted by Gasteiger charge is -2.27. The molecule has 1 N–H and O–H groups in total. The van der Waals surface area contributed by atoms with Crippen LogP contribution in [-0.4, -0.2) is 30.8 Å². The molecule has 0 bridgehead atoms. The number of nitrogens with zero attached hydrogens (tertiary/aromatic N) is 2. The van der Waals surface area contributed by atoms with Gasteiger partial charge in [0.2, 0.25) is 17.7 Å². The number of benzene rings is 3. The first-order valence-corrected chi connectivity index (χ1v) is 11.1. The topological polar surface area (TPSA) is 69.7 Å². The van der Waals surface area contributed by atoms with Crippen molar-refractivity contribution in [2.24, 2.45) is 5.92 Å². The highest BCUT2D eigenvalue weighted by molar-refractivity contribution is 6.08. The molecule has 2 fully saturated rings. The van der Waals surface area contributed by atoms with Gasteiger partial charge in [0.25, 0.3) is 0 Å². The maximum atomic E-state index is 13.0. The smallest absolute Gasteiger partial charge is 0.229 e. The van der Waals surface area contributed by atoms with Gasteiger partial charge in [-0.1, -0.05) is 42.5 Å². The van der Waals surface area contributed by atoms with Gasteiger partial charge < -0.3 is 15.1 Å². The van der Waals surface area contributed by atoms with E-state index in [9.17, 15) is 14.4 Å². The molecule has 0 aromatic heterocycles. The van der Waals surface area contributed by atoms with Crippen molar-refractivity contribution in [3.63, 3.8) is 0 Å². The van der Waals surface area contributed by atoms with Gasteiger partial charge in [-0.2, -0.15) is 0 Å². The number of hydrogen-bond donors (Lipinski definition) is 1. The molecule has 2 aliphatic heterocycles. The fraction of sp³-hybridized carbons (Fsp3) is 0.269. The van der Waals surface area contributed by atoms with Crippen LogP contribution in [0.4, 0.5) is 17.1 Å². The molecular formula is C26H25N3O3. The second kappa shape index (κ2) is 8.46. The van der Waals surface area contributed by atoms with E-state index in [1.807, 2.05) is 66.7 Å². The van der Waals surface area contributed by atoms with E-state index in [1.165, 1.54) is 0 Å². The molecule has 1 atom stereocenters. The van der Waals surface area contributed by atoms with Crippen LogP contribution < -0.4 is 15.1 Å². The summed E-state index contributed by atoms with van der Waals surface area (Å²) in [5.41, 5.74) is 2.28. The van der Waals surface area contributed by atoms with Crippen LogP contribution in [0.1, 0.15) is 25.7 Å². The monoisotopic (exact) mass is 427 g/mol. The van der Waals surface area contributed by atoms with Crippen LogP contribution in [0.15, 0.2) is 66.7 Å². The number of nitrogens with one attached hydrogen (secondary N) is 1. The van der Waals surface area contributed by atoms with Gasteiger partial charge in [-0.05, 0) is 42.5 Å². The van der Waals surface area contributed by atoms with E-state index in [4.69, 9.17) is 0 Å². The first kappa shape index (κ1) is 20.2. The minimum absolute atomic E-state index is 0.0471. The van der Waals surface area contributed by atoms with Gasteiger partial charge in [0, 0.05) is 42.7 Å². The van der Waals surface area contributed by atoms with Crippen LogP contribution in [0.25, 0.3) is 10.8 Å². The maximum absolute atomic E-state index is 13.0. The molecule has 162 valence electrons. The van der Waals surface area contributed by atoms with Crippen LogP contribution in [0.2, 0.25) is 0 Å². The zero-order chi connectivity index (χ0) is 22.1. The number of fused-ring (bicyclic) bond motifs is 1. The highest BCUT2D eigenvalue weighted by Gasteiger charge is 2.35. The number of rotatable bonds is 4. The predicted molar refractivity (Wildman–Crippen MR) is 126 cm³/mol. The molecule has 6 nitrogen and oxygen atoms in total. The second-order valence-electron chi connectivity index (χ2n) is 8.45. The molecule has 6 heteroatoms. The van der Waals surface area contributed by atoms with Crippen LogP contribution in [0.3, 0.4) is 0 Å². The Morgan fingerprint density at radius 1 is 0.875 bits per heavy atom. The molecule has 5 rings (SSSR count). The molecule has 2 heterocycles. The highest BCUT2D eigenvalue weighted by Crippen LogP contribution is 2.32. The van der Waals surface area contributed by atoms with Gasteiger partial charge in [-0.15, -0.1) is 0 Å². The fourth-order valence-corrected chi connectivity index (χ4v) is 4.63. The number of amides is 3. The normalized spacial score (nSPS) is 18.9. The third kappa shape index (κ3) is 3.84. The number of hydrogen-bond acceptors (Lipinski definition) is 3. The zero-order valence-corrected chi connectivity index (χ0v) is 17.8. The summed E-state index contributed by atoms with van der Waals surface area (Å²) in [6.45, 7) is 1.05. The van der Waals surface area contributed by atoms with Gasteiger partial charge in [-0.3, -0.25) is 14.4 Å². The Bertz CT molecular complexity index is 1200. The maximum Gasteiger partial charge on any atom is 0.229 e. The standard InChI is InChI=1S/C26H25N3O3/c30-24-13-3-4-14-28(24)21-10-6-9-20(16-21)27-26(32)19-15-25(31)29(17-19)23-12-5-8-18-7-1-2-11-22(18)23/h1-2,5-12,16,19H,3-4,13-15,17H2,(H,27,32). The van der Waals surface area contributed by atoms with E-state index in [0.29, 0.717) is 25.2 Å². The zero-order valence-electron chi connectivity index (χ0n) is 17.8. The summed E-state index contributed by atoms with van der Waals surface area (Å²) < 4.78 is 0. The average Bonchev–Trinajstić information content (AvgIpc) is 3.21. The van der Waals surface area contributed by atoms with E-state index >= 15 is 0 Å². The molecule has 0 aliphatic carbocycles. The molecule has 2 saturated heterocycles. The highest BCUT2D eigenvalue weighted by atomic mass is 16.2. The molecule has 0 spiro atoms. The largest absolute Gasteiger partial charge is 0.326 e. The molecule has 3 amide bonds. The Kier molecular flexibility index (Phi) is 5.35. The van der Waals surface area contributed by atoms with Crippen LogP contribution in [0.5, 0.6) is 0 Å². The first-order valence-electron chi connectivity index (χ1n) is 11.1. The fourth-order valence-electron chi connectivity index (χ4n) is 4.63. The van der Waals surface area contributed by atoms with Crippen molar-refractivity contribution >= 4 is 45.6 Å². The predicted octanol–water partition coefficient (Wildman–Crippen LogP) is 4.35. The van der Waals surface area contributed by atoms with Crippen molar-refractivity contribution in [1.29, 1.82) is 0 Å². The molecule has 2 aliphatic rings. The minimum atomic E-state index is -0.429. The molecule has 3 aromatic carbocycles. The Morgan fingerprint density at radius 3 is 2.56 bits per heavy atom. The molecule has 3 aromatic rings. The van der Waals surface area contributed by atoms with E-state index < -0.39 is 5.92 Å². The lowest BCUT2D eigenvalue weighted by Crippen LogP contribution is -2.35. The Balaban J connectivity index is 1.31. The summed E-state index contributed by atoms with van der Waals surface area (Å²) in [5.74, 6) is -0.536. The number of anilines is 3. The van der Waals surface area contributed by atoms with E-state index in [2.05, 4.69) is 5.32 Å². The molecule has 1 unspecified atom stereocenters. The molecule has 0 radical (unpaired) electrons. The average molecular weight is 428 g/mol. The number of carbonyl (C=O) groups is 3. The van der Waals surface area contributed by atoms with Crippen LogP contribution >= 0.6 is 0 Å². The van der Waals surface area contributed by atoms with Gasteiger partial charge in [0.05, 0.1) is 11.6 Å². The van der Waals surface area contributed by atoms with E-state index in [-0.39, 0.29) is 24.1 Å². The van der Waals surface area contributed by atoms with Crippen molar-refractivity contribution in [2.45, 2.75) is 25.7 Å². The van der Waals surface area contributed by atoms with Gasteiger partial charge in [0.1, 0.15) is 0 Å². The van der Waals surface area contributed by atoms with E-state index in [0.717, 1.165) is 35.0 Å². The summed E-state index contributed by atoms with van der Waals surface area (Å²) in [6, 6.07) is 21.2. The van der Waals surface area contributed by atoms with Crippen LogP contribution in [-0.2, 0) is 14.4 Å². The van der Waals surface area contributed by atoms with Gasteiger partial charge in [0.15, 0.2) is 0 Å². The lowest BCUT2D eigenvalue weighted by atomic mass is 10.1. The SMILES string of the molecule is O=C(Nc1cccc(N2CCCCC2=O)c1)C1CC(=O)N(c2cccc3ccccc23)C1. The second-order valence-corrected chi connectivity index (χ2v) is 8.45. The Morgan fingerprint density at radius 2 is 1.69 bits per heavy atom. The molecule has 0 saturated carbocycles. The third-order valence-corrected chi connectivity index (χ3v) is 6.30. The quantitative estimate of drug-likeness (QED) is 0.673. The Hall–Kier alpha value is -3.67. The van der Waals surface area contributed by atoms with Gasteiger partial charge >= 0.3 is 0 Å². The molecule has 32 heavy (non-hydrogen) atoms. The third-order valence-electron chi connectivity index (χ3n) is 6.30. The first-order chi connectivity index (χ1) is 15.6. The summed E-state index contributed by atoms with van der Waals surface area (Å²) in [4.78, 5) is 41.5. The van der Waals surface area contributed by atoms with Crippen molar-refractivity contribution in [3.05, 3.63) is 66.7 Å². The van der Waals surface area contributed by atoms with Crippen molar-refractivity contribution in [1.82, 2.24) is 0 Å². The number of piperidine rings is 1. The lowest BCUT2D eigenvalue weighted by molar-refractivity contribution is -0.122. The van der Waals surface area contributed by atoms with Crippen molar-refractivity contribution in [2.75, 3.05) is 28.2 Å². The summed E-state index contributed by atoms with van der Waals surface area (Å²) in [5, 5.41) is 5.02. The summed E-state index contributed by atoms with van der Waals surface area (Å²) in [6.07, 6.45) is 2.65. The minimum Gasteiger partial charge on any atom is -0.326 e. The summed E-state index contributed by atoms with van der Waals surface area (Å²) >= 11 is 0. The number of carbonyl (C=O) groups excluding carboxylic acids is 3.